The molecule has 8 heteroatoms. The number of halogens is 1. The van der Waals surface area contributed by atoms with Crippen LogP contribution < -0.4 is 15.0 Å². The molecule has 0 aliphatic carbocycles. The highest BCUT2D eigenvalue weighted by molar-refractivity contribution is 7.11. The first-order valence-electron chi connectivity index (χ1n) is 5.96. The Morgan fingerprint density at radius 1 is 1.57 bits per heavy atom. The van der Waals surface area contributed by atoms with E-state index in [-0.39, 0.29) is 17.7 Å². The molecule has 1 amide bonds. The normalized spacial score (nSPS) is 13.4. The Bertz CT molecular complexity index is 768. The minimum atomic E-state index is -0.113. The van der Waals surface area contributed by atoms with E-state index >= 15 is 0 Å². The quantitative estimate of drug-likeness (QED) is 0.920. The van der Waals surface area contributed by atoms with Gasteiger partial charge >= 0.3 is 0 Å². The van der Waals surface area contributed by atoms with E-state index in [4.69, 9.17) is 21.6 Å². The van der Waals surface area contributed by atoms with Crippen molar-refractivity contribution in [2.75, 3.05) is 23.9 Å². The third kappa shape index (κ3) is 2.39. The number of hydrogen-bond donors (Lipinski definition) is 1. The maximum absolute atomic E-state index is 11.6. The predicted molar refractivity (Wildman–Crippen MR) is 80.5 cm³/mol. The van der Waals surface area contributed by atoms with Gasteiger partial charge < -0.3 is 15.0 Å². The fourth-order valence-corrected chi connectivity index (χ4v) is 2.89. The maximum atomic E-state index is 11.6. The van der Waals surface area contributed by atoms with Crippen LogP contribution in [0.2, 0.25) is 5.15 Å². The van der Waals surface area contributed by atoms with E-state index in [1.807, 2.05) is 6.07 Å². The summed E-state index contributed by atoms with van der Waals surface area (Å²) in [7, 11) is 1.69. The number of nitrogens with zero attached hydrogens (tertiary/aromatic N) is 3. The van der Waals surface area contributed by atoms with Crippen molar-refractivity contribution < 1.29 is 9.53 Å². The van der Waals surface area contributed by atoms with Crippen LogP contribution in [-0.4, -0.2) is 23.9 Å². The van der Waals surface area contributed by atoms with Crippen LogP contribution in [0.4, 0.5) is 16.4 Å². The van der Waals surface area contributed by atoms with Gasteiger partial charge in [-0.1, -0.05) is 11.6 Å². The highest BCUT2D eigenvalue weighted by Gasteiger charge is 2.22. The van der Waals surface area contributed by atoms with Crippen LogP contribution in [0.25, 0.3) is 0 Å². The number of rotatable bonds is 2. The molecule has 21 heavy (non-hydrogen) atoms. The monoisotopic (exact) mass is 320 g/mol. The van der Waals surface area contributed by atoms with Crippen LogP contribution in [0.1, 0.15) is 5.56 Å². The standard InChI is InChI=1S/C13H9ClN4O2S/c1-18-9-4-7(2-3-10(9)20-6-11(18)19)16-13-8(5-15)12(14)17-21-13/h2-4,16H,6H2,1H3. The Kier molecular flexibility index (Phi) is 3.41. The largest absolute Gasteiger partial charge is 0.482 e. The average Bonchev–Trinajstić information content (AvgIpc) is 2.83. The zero-order valence-electron chi connectivity index (χ0n) is 10.9. The fraction of sp³-hybridized carbons (Fsp3) is 0.154. The molecule has 1 aromatic heterocycles. The van der Waals surface area contributed by atoms with Crippen LogP contribution >= 0.6 is 23.1 Å². The minimum Gasteiger partial charge on any atom is -0.482 e. The zero-order valence-corrected chi connectivity index (χ0v) is 12.5. The number of nitrogens with one attached hydrogen (secondary N) is 1. The number of hydrogen-bond acceptors (Lipinski definition) is 6. The molecule has 1 aliphatic heterocycles. The smallest absolute Gasteiger partial charge is 0.264 e. The van der Waals surface area contributed by atoms with Gasteiger partial charge in [-0.05, 0) is 29.7 Å². The fourth-order valence-electron chi connectivity index (χ4n) is 1.93. The second kappa shape index (κ2) is 5.24. The lowest BCUT2D eigenvalue weighted by molar-refractivity contribution is -0.120. The number of nitriles is 1. The van der Waals surface area contributed by atoms with Crippen molar-refractivity contribution in [1.29, 1.82) is 5.26 Å². The number of carbonyl (C=O) groups excluding carboxylic acids is 1. The molecule has 0 atom stereocenters. The third-order valence-corrected chi connectivity index (χ3v) is 4.20. The van der Waals surface area contributed by atoms with E-state index in [0.29, 0.717) is 22.0 Å². The second-order valence-corrected chi connectivity index (χ2v) is 5.47. The maximum Gasteiger partial charge on any atom is 0.264 e. The van der Waals surface area contributed by atoms with Gasteiger partial charge in [0.2, 0.25) is 0 Å². The number of likely N-dealkylation sites (N-methyl/N-ethyl adjacent to an activating group) is 1. The minimum absolute atomic E-state index is 0.0410. The van der Waals surface area contributed by atoms with Gasteiger partial charge in [0, 0.05) is 12.7 Å². The highest BCUT2D eigenvalue weighted by atomic mass is 35.5. The molecular formula is C13H9ClN4O2S. The third-order valence-electron chi connectivity index (χ3n) is 3.07. The first-order chi connectivity index (χ1) is 10.1. The molecule has 1 N–H and O–H groups in total. The first-order valence-corrected chi connectivity index (χ1v) is 7.11. The molecule has 2 aromatic rings. The summed E-state index contributed by atoms with van der Waals surface area (Å²) in [5, 5.41) is 12.9. The number of aromatic nitrogens is 1. The Hall–Kier alpha value is -2.30. The van der Waals surface area contributed by atoms with Gasteiger partial charge in [-0.3, -0.25) is 4.79 Å². The molecular weight excluding hydrogens is 312 g/mol. The number of carbonyl (C=O) groups is 1. The van der Waals surface area contributed by atoms with Crippen molar-refractivity contribution in [3.63, 3.8) is 0 Å². The molecule has 0 radical (unpaired) electrons. The van der Waals surface area contributed by atoms with Gasteiger partial charge in [0.1, 0.15) is 22.4 Å². The summed E-state index contributed by atoms with van der Waals surface area (Å²) in [6.07, 6.45) is 0. The number of benzene rings is 1. The molecule has 1 aromatic carbocycles. The molecule has 0 saturated heterocycles. The first kappa shape index (κ1) is 13.7. The average molecular weight is 321 g/mol. The molecule has 0 saturated carbocycles. The van der Waals surface area contributed by atoms with Gasteiger partial charge in [0.15, 0.2) is 11.8 Å². The number of ether oxygens (including phenoxy) is 1. The van der Waals surface area contributed by atoms with Gasteiger partial charge in [-0.2, -0.15) is 9.64 Å². The Morgan fingerprint density at radius 3 is 3.14 bits per heavy atom. The topological polar surface area (TPSA) is 78.2 Å². The SMILES string of the molecule is CN1C(=O)COc2ccc(Nc3snc(Cl)c3C#N)cc21. The Labute approximate surface area is 129 Å². The lowest BCUT2D eigenvalue weighted by Crippen LogP contribution is -2.35. The lowest BCUT2D eigenvalue weighted by Gasteiger charge is -2.26. The lowest BCUT2D eigenvalue weighted by atomic mass is 10.2. The van der Waals surface area contributed by atoms with E-state index in [0.717, 1.165) is 17.2 Å². The van der Waals surface area contributed by atoms with E-state index in [1.165, 1.54) is 4.90 Å². The highest BCUT2D eigenvalue weighted by Crippen LogP contribution is 2.36. The van der Waals surface area contributed by atoms with E-state index in [1.54, 1.807) is 25.2 Å². The van der Waals surface area contributed by atoms with E-state index < -0.39 is 0 Å². The van der Waals surface area contributed by atoms with Crippen molar-refractivity contribution in [3.8, 4) is 11.8 Å². The van der Waals surface area contributed by atoms with Crippen LogP contribution in [0, 0.1) is 11.3 Å². The van der Waals surface area contributed by atoms with Gasteiger partial charge in [0.05, 0.1) is 5.69 Å². The van der Waals surface area contributed by atoms with E-state index in [2.05, 4.69) is 9.69 Å². The molecule has 0 fully saturated rings. The van der Waals surface area contributed by atoms with Crippen molar-refractivity contribution in [1.82, 2.24) is 4.37 Å². The number of amides is 1. The number of fused-ring (bicyclic) bond motifs is 1. The molecule has 6 nitrogen and oxygen atoms in total. The van der Waals surface area contributed by atoms with Gasteiger partial charge in [-0.25, -0.2) is 0 Å². The molecule has 106 valence electrons. The van der Waals surface area contributed by atoms with Crippen LogP contribution in [0.15, 0.2) is 18.2 Å². The van der Waals surface area contributed by atoms with Crippen LogP contribution in [0.3, 0.4) is 0 Å². The second-order valence-electron chi connectivity index (χ2n) is 4.34. The van der Waals surface area contributed by atoms with Crippen LogP contribution in [0.5, 0.6) is 5.75 Å². The molecule has 0 spiro atoms. The summed E-state index contributed by atoms with van der Waals surface area (Å²) >= 11 is 6.94. The Balaban J connectivity index is 1.94. The van der Waals surface area contributed by atoms with Crippen LogP contribution in [-0.2, 0) is 4.79 Å². The summed E-state index contributed by atoms with van der Waals surface area (Å²) < 4.78 is 9.29. The summed E-state index contributed by atoms with van der Waals surface area (Å²) in [4.78, 5) is 13.2. The van der Waals surface area contributed by atoms with Crippen molar-refractivity contribution in [2.24, 2.45) is 0 Å². The summed E-state index contributed by atoms with van der Waals surface area (Å²) in [6, 6.07) is 7.36. The summed E-state index contributed by atoms with van der Waals surface area (Å²) in [6.45, 7) is 0.0410. The summed E-state index contributed by atoms with van der Waals surface area (Å²) in [5.41, 5.74) is 1.70. The van der Waals surface area contributed by atoms with Gasteiger partial charge in [-0.15, -0.1) is 0 Å². The van der Waals surface area contributed by atoms with Crippen molar-refractivity contribution in [3.05, 3.63) is 28.9 Å². The number of anilines is 3. The molecule has 2 heterocycles. The molecule has 1 aliphatic rings. The van der Waals surface area contributed by atoms with Crippen molar-refractivity contribution in [2.45, 2.75) is 0 Å². The molecule has 0 bridgehead atoms. The molecule has 3 rings (SSSR count). The summed E-state index contributed by atoms with van der Waals surface area (Å²) in [5.74, 6) is 0.531. The molecule has 0 unspecified atom stereocenters. The van der Waals surface area contributed by atoms with E-state index in [9.17, 15) is 4.79 Å². The van der Waals surface area contributed by atoms with Crippen molar-refractivity contribution >= 4 is 45.4 Å². The van der Waals surface area contributed by atoms with Gasteiger partial charge in [0.25, 0.3) is 5.91 Å². The zero-order chi connectivity index (χ0) is 15.0. The Morgan fingerprint density at radius 2 is 2.38 bits per heavy atom. The predicted octanol–water partition coefficient (Wildman–Crippen LogP) is 2.77.